The van der Waals surface area contributed by atoms with Crippen molar-refractivity contribution in [3.63, 3.8) is 0 Å². The van der Waals surface area contributed by atoms with Crippen LogP contribution in [0.25, 0.3) is 5.65 Å². The Morgan fingerprint density at radius 1 is 1.44 bits per heavy atom. The van der Waals surface area contributed by atoms with Crippen LogP contribution in [0, 0.1) is 0 Å². The van der Waals surface area contributed by atoms with Gasteiger partial charge >= 0.3 is 0 Å². The first-order valence-corrected chi connectivity index (χ1v) is 6.45. The molecule has 0 aliphatic carbocycles. The molecule has 0 fully saturated rings. The summed E-state index contributed by atoms with van der Waals surface area (Å²) in [5.41, 5.74) is 0.904. The van der Waals surface area contributed by atoms with Crippen LogP contribution in [0.4, 0.5) is 0 Å². The van der Waals surface area contributed by atoms with Gasteiger partial charge in [-0.1, -0.05) is 24.8 Å². The molecule has 0 radical (unpaired) electrons. The number of fused-ring (bicyclic) bond motifs is 1. The predicted molar refractivity (Wildman–Crippen MR) is 66.8 cm³/mol. The summed E-state index contributed by atoms with van der Waals surface area (Å²) in [7, 11) is 0. The Morgan fingerprint density at radius 3 is 3.12 bits per heavy atom. The summed E-state index contributed by atoms with van der Waals surface area (Å²) in [6, 6.07) is 6.42. The lowest BCUT2D eigenvalue weighted by Crippen LogP contribution is -2.27. The topological polar surface area (TPSA) is 42.2 Å². The van der Waals surface area contributed by atoms with E-state index in [4.69, 9.17) is 0 Å². The second kappa shape index (κ2) is 5.32. The molecule has 1 unspecified atom stereocenters. The van der Waals surface area contributed by atoms with Gasteiger partial charge in [0.2, 0.25) is 0 Å². The molecular weight excluding hydrogens is 220 g/mol. The van der Waals surface area contributed by atoms with Gasteiger partial charge in [-0.25, -0.2) is 0 Å². The van der Waals surface area contributed by atoms with Gasteiger partial charge in [0.1, 0.15) is 0 Å². The molecule has 0 saturated heterocycles. The molecule has 0 bridgehead atoms. The zero-order valence-electron chi connectivity index (χ0n) is 9.55. The van der Waals surface area contributed by atoms with E-state index < -0.39 is 0 Å². The van der Waals surface area contributed by atoms with Gasteiger partial charge in [-0.05, 0) is 25.6 Å². The maximum atomic E-state index is 4.18. The zero-order chi connectivity index (χ0) is 11.4. The largest absolute Gasteiger partial charge is 0.314 e. The van der Waals surface area contributed by atoms with Gasteiger partial charge in [0.25, 0.3) is 0 Å². The summed E-state index contributed by atoms with van der Waals surface area (Å²) in [6.07, 6.45) is 2.00. The third-order valence-electron chi connectivity index (χ3n) is 2.30. The minimum Gasteiger partial charge on any atom is -0.314 e. The standard InChI is InChI=1S/C11H16N4S/c1-3-12-9(2)8-16-11-14-13-10-6-4-5-7-15(10)11/h4-7,9,12H,3,8H2,1-2H3. The van der Waals surface area contributed by atoms with E-state index >= 15 is 0 Å². The van der Waals surface area contributed by atoms with Gasteiger partial charge in [-0.3, -0.25) is 4.40 Å². The number of thioether (sulfide) groups is 1. The van der Waals surface area contributed by atoms with Crippen LogP contribution in [0.1, 0.15) is 13.8 Å². The van der Waals surface area contributed by atoms with Crippen molar-refractivity contribution in [3.8, 4) is 0 Å². The maximum Gasteiger partial charge on any atom is 0.195 e. The molecule has 1 N–H and O–H groups in total. The van der Waals surface area contributed by atoms with Crippen molar-refractivity contribution >= 4 is 17.4 Å². The molecular formula is C11H16N4S. The summed E-state index contributed by atoms with van der Waals surface area (Å²) in [5.74, 6) is 1.00. The van der Waals surface area contributed by atoms with Gasteiger partial charge in [0, 0.05) is 18.0 Å². The lowest BCUT2D eigenvalue weighted by molar-refractivity contribution is 0.619. The fraction of sp³-hybridized carbons (Fsp3) is 0.455. The Morgan fingerprint density at radius 2 is 2.31 bits per heavy atom. The third kappa shape index (κ3) is 2.54. The molecule has 0 aliphatic rings. The first-order chi connectivity index (χ1) is 7.81. The van der Waals surface area contributed by atoms with Crippen LogP contribution in [0.5, 0.6) is 0 Å². The number of pyridine rings is 1. The number of aromatic nitrogens is 3. The van der Waals surface area contributed by atoms with Crippen LogP contribution in [-0.4, -0.2) is 32.9 Å². The fourth-order valence-corrected chi connectivity index (χ4v) is 2.43. The minimum absolute atomic E-state index is 0.492. The summed E-state index contributed by atoms with van der Waals surface area (Å²) in [4.78, 5) is 0. The van der Waals surface area contributed by atoms with E-state index in [1.54, 1.807) is 11.8 Å². The Balaban J connectivity index is 2.04. The summed E-state index contributed by atoms with van der Waals surface area (Å²) in [5, 5.41) is 12.6. The molecule has 2 aromatic rings. The molecule has 0 spiro atoms. The lowest BCUT2D eigenvalue weighted by atomic mass is 10.4. The highest BCUT2D eigenvalue weighted by molar-refractivity contribution is 7.99. The molecule has 0 aliphatic heterocycles. The van der Waals surface area contributed by atoms with E-state index in [0.29, 0.717) is 6.04 Å². The lowest BCUT2D eigenvalue weighted by Gasteiger charge is -2.10. The van der Waals surface area contributed by atoms with Crippen LogP contribution in [0.15, 0.2) is 29.6 Å². The average Bonchev–Trinajstić information content (AvgIpc) is 2.70. The van der Waals surface area contributed by atoms with Gasteiger partial charge in [0.05, 0.1) is 0 Å². The normalized spacial score (nSPS) is 13.1. The minimum atomic E-state index is 0.492. The molecule has 16 heavy (non-hydrogen) atoms. The molecule has 0 aromatic carbocycles. The molecule has 4 nitrogen and oxygen atoms in total. The number of hydrogen-bond donors (Lipinski definition) is 1. The van der Waals surface area contributed by atoms with E-state index in [1.165, 1.54) is 0 Å². The van der Waals surface area contributed by atoms with E-state index in [0.717, 1.165) is 23.1 Å². The predicted octanol–water partition coefficient (Wildman–Crippen LogP) is 1.82. The van der Waals surface area contributed by atoms with Gasteiger partial charge in [-0.2, -0.15) is 0 Å². The van der Waals surface area contributed by atoms with Crippen LogP contribution >= 0.6 is 11.8 Å². The molecule has 2 rings (SSSR count). The monoisotopic (exact) mass is 236 g/mol. The Hall–Kier alpha value is -1.07. The van der Waals surface area contributed by atoms with Crippen molar-refractivity contribution < 1.29 is 0 Å². The van der Waals surface area contributed by atoms with Crippen LogP contribution < -0.4 is 5.32 Å². The molecule has 0 saturated carbocycles. The quantitative estimate of drug-likeness (QED) is 0.804. The number of rotatable bonds is 5. The summed E-state index contributed by atoms with van der Waals surface area (Å²) in [6.45, 7) is 5.30. The summed E-state index contributed by atoms with van der Waals surface area (Å²) < 4.78 is 2.02. The number of nitrogens with zero attached hydrogens (tertiary/aromatic N) is 3. The highest BCUT2D eigenvalue weighted by atomic mass is 32.2. The second-order valence-electron chi connectivity index (χ2n) is 3.68. The van der Waals surface area contributed by atoms with Crippen molar-refractivity contribution in [3.05, 3.63) is 24.4 Å². The highest BCUT2D eigenvalue weighted by Gasteiger charge is 2.07. The molecule has 5 heteroatoms. The van der Waals surface area contributed by atoms with E-state index in [9.17, 15) is 0 Å². The van der Waals surface area contributed by atoms with Gasteiger partial charge in [0.15, 0.2) is 10.8 Å². The van der Waals surface area contributed by atoms with Gasteiger partial charge < -0.3 is 5.32 Å². The van der Waals surface area contributed by atoms with E-state index in [-0.39, 0.29) is 0 Å². The Kier molecular flexibility index (Phi) is 3.79. The van der Waals surface area contributed by atoms with E-state index in [2.05, 4.69) is 29.4 Å². The van der Waals surface area contributed by atoms with Crippen LogP contribution in [0.2, 0.25) is 0 Å². The molecule has 2 heterocycles. The van der Waals surface area contributed by atoms with Crippen molar-refractivity contribution in [2.24, 2.45) is 0 Å². The van der Waals surface area contributed by atoms with E-state index in [1.807, 2.05) is 28.8 Å². The highest BCUT2D eigenvalue weighted by Crippen LogP contribution is 2.17. The van der Waals surface area contributed by atoms with Crippen LogP contribution in [0.3, 0.4) is 0 Å². The Bertz CT molecular complexity index is 454. The SMILES string of the molecule is CCNC(C)CSc1nnc2ccccn12. The van der Waals surface area contributed by atoms with Crippen molar-refractivity contribution in [2.45, 2.75) is 25.0 Å². The maximum absolute atomic E-state index is 4.18. The van der Waals surface area contributed by atoms with Crippen molar-refractivity contribution in [1.82, 2.24) is 19.9 Å². The van der Waals surface area contributed by atoms with Crippen molar-refractivity contribution in [2.75, 3.05) is 12.3 Å². The average molecular weight is 236 g/mol. The smallest absolute Gasteiger partial charge is 0.195 e. The Labute approximate surface area is 99.5 Å². The molecule has 1 atom stereocenters. The second-order valence-corrected chi connectivity index (χ2v) is 4.67. The van der Waals surface area contributed by atoms with Crippen molar-refractivity contribution in [1.29, 1.82) is 0 Å². The first-order valence-electron chi connectivity index (χ1n) is 5.47. The number of nitrogens with one attached hydrogen (secondary N) is 1. The molecule has 0 amide bonds. The van der Waals surface area contributed by atoms with Gasteiger partial charge in [-0.15, -0.1) is 10.2 Å². The molecule has 2 aromatic heterocycles. The van der Waals surface area contributed by atoms with Crippen LogP contribution in [-0.2, 0) is 0 Å². The summed E-state index contributed by atoms with van der Waals surface area (Å²) >= 11 is 1.73. The third-order valence-corrected chi connectivity index (χ3v) is 3.50. The number of hydrogen-bond acceptors (Lipinski definition) is 4. The zero-order valence-corrected chi connectivity index (χ0v) is 10.4. The fourth-order valence-electron chi connectivity index (χ4n) is 1.52. The first kappa shape index (κ1) is 11.4. The molecule has 86 valence electrons.